The summed E-state index contributed by atoms with van der Waals surface area (Å²) in [5, 5.41) is 4.75. The van der Waals surface area contributed by atoms with Gasteiger partial charge in [0.1, 0.15) is 17.2 Å². The van der Waals surface area contributed by atoms with Gasteiger partial charge in [0, 0.05) is 24.2 Å². The highest BCUT2D eigenvalue weighted by atomic mass is 32.2. The summed E-state index contributed by atoms with van der Waals surface area (Å²) in [5.41, 5.74) is 3.64. The van der Waals surface area contributed by atoms with Crippen molar-refractivity contribution in [3.05, 3.63) is 60.2 Å². The minimum atomic E-state index is -0.548. The molecule has 2 aromatic heterocycles. The van der Waals surface area contributed by atoms with E-state index >= 15 is 0 Å². The minimum absolute atomic E-state index is 0.385. The number of morpholine rings is 1. The van der Waals surface area contributed by atoms with Crippen molar-refractivity contribution < 1.29 is 18.7 Å². The van der Waals surface area contributed by atoms with Crippen LogP contribution in [0.5, 0.6) is 0 Å². The summed E-state index contributed by atoms with van der Waals surface area (Å²) in [4.78, 5) is 24.7. The van der Waals surface area contributed by atoms with Crippen molar-refractivity contribution in [3.63, 3.8) is 0 Å². The van der Waals surface area contributed by atoms with Gasteiger partial charge < -0.3 is 24.1 Å². The number of rotatable bonds is 6. The number of hydrogen-bond donors (Lipinski definition) is 1. The number of nitrogens with one attached hydrogen (secondary N) is 1. The second-order valence-corrected chi connectivity index (χ2v) is 12.4. The van der Waals surface area contributed by atoms with Gasteiger partial charge in [0.25, 0.3) is 0 Å². The second kappa shape index (κ2) is 11.0. The van der Waals surface area contributed by atoms with E-state index < -0.39 is 11.1 Å². The van der Waals surface area contributed by atoms with Gasteiger partial charge in [-0.15, -0.1) is 0 Å². The molecular formula is C32H36N4O4S. The standard InChI is InChI=1S/C32H36N4O4S/c1-31(2,3)40-30(37)35-32(15-8-16-32)23-13-11-22(12-14-23)26-24(21-9-6-5-7-10-21)25-27(36-17-19-38-20-18-36)33-29(41-4)34-28(25)39-26/h5-7,9-14H,8,15-20H2,1-4H3,(H,35,37). The van der Waals surface area contributed by atoms with Crippen LogP contribution in [0.3, 0.4) is 0 Å². The topological polar surface area (TPSA) is 89.7 Å². The molecule has 0 unspecified atom stereocenters. The number of carbonyl (C=O) groups is 1. The average molecular weight is 573 g/mol. The first-order chi connectivity index (χ1) is 19.8. The Labute approximate surface area is 244 Å². The van der Waals surface area contributed by atoms with Gasteiger partial charge in [-0.1, -0.05) is 66.4 Å². The van der Waals surface area contributed by atoms with Gasteiger partial charge >= 0.3 is 6.09 Å². The molecule has 1 N–H and O–H groups in total. The molecule has 2 aromatic carbocycles. The van der Waals surface area contributed by atoms with Gasteiger partial charge in [0.15, 0.2) is 5.16 Å². The van der Waals surface area contributed by atoms with Crippen LogP contribution in [0.25, 0.3) is 33.6 Å². The Kier molecular flexibility index (Phi) is 7.42. The van der Waals surface area contributed by atoms with Crippen molar-refractivity contribution in [1.82, 2.24) is 15.3 Å². The summed E-state index contributed by atoms with van der Waals surface area (Å²) in [5.74, 6) is 1.63. The van der Waals surface area contributed by atoms with Gasteiger partial charge in [0.05, 0.1) is 24.1 Å². The molecule has 41 heavy (non-hydrogen) atoms. The maximum atomic E-state index is 12.7. The quantitative estimate of drug-likeness (QED) is 0.195. The van der Waals surface area contributed by atoms with Crippen molar-refractivity contribution in [1.29, 1.82) is 0 Å². The number of thioether (sulfide) groups is 1. The lowest BCUT2D eigenvalue weighted by atomic mass is 9.71. The van der Waals surface area contributed by atoms with E-state index in [9.17, 15) is 4.79 Å². The third-order valence-electron chi connectivity index (χ3n) is 7.71. The Balaban J connectivity index is 1.44. The van der Waals surface area contributed by atoms with Crippen LogP contribution in [0.1, 0.15) is 45.6 Å². The normalized spacial score (nSPS) is 16.8. The molecular weight excluding hydrogens is 536 g/mol. The molecule has 4 aromatic rings. The van der Waals surface area contributed by atoms with Crippen LogP contribution in [0.4, 0.5) is 10.6 Å². The number of fused-ring (bicyclic) bond motifs is 1. The Hall–Kier alpha value is -3.56. The zero-order valence-electron chi connectivity index (χ0n) is 24.0. The summed E-state index contributed by atoms with van der Waals surface area (Å²) in [6, 6.07) is 18.6. The Morgan fingerprint density at radius 2 is 1.71 bits per heavy atom. The molecule has 1 saturated heterocycles. The molecule has 9 heteroatoms. The molecule has 1 saturated carbocycles. The van der Waals surface area contributed by atoms with E-state index in [0.29, 0.717) is 24.1 Å². The molecule has 2 fully saturated rings. The number of hydrogen-bond acceptors (Lipinski definition) is 8. The van der Waals surface area contributed by atoms with Gasteiger partial charge in [-0.2, -0.15) is 4.98 Å². The molecule has 214 valence electrons. The monoisotopic (exact) mass is 572 g/mol. The van der Waals surface area contributed by atoms with Gasteiger partial charge in [0.2, 0.25) is 5.71 Å². The number of ether oxygens (including phenoxy) is 2. The van der Waals surface area contributed by atoms with Crippen LogP contribution in [0.15, 0.2) is 64.2 Å². The summed E-state index contributed by atoms with van der Waals surface area (Å²) >= 11 is 1.51. The Bertz CT molecular complexity index is 1540. The van der Waals surface area contributed by atoms with Gasteiger partial charge in [-0.05, 0) is 57.4 Å². The van der Waals surface area contributed by atoms with E-state index in [1.54, 1.807) is 0 Å². The summed E-state index contributed by atoms with van der Waals surface area (Å²) in [6.07, 6.45) is 4.40. The fourth-order valence-electron chi connectivity index (χ4n) is 5.60. The average Bonchev–Trinajstić information content (AvgIpc) is 3.34. The zero-order valence-corrected chi connectivity index (χ0v) is 24.8. The smallest absolute Gasteiger partial charge is 0.408 e. The number of carbonyl (C=O) groups excluding carboxylic acids is 1. The first-order valence-corrected chi connectivity index (χ1v) is 15.4. The molecule has 1 aliphatic heterocycles. The van der Waals surface area contributed by atoms with Crippen LogP contribution in [0, 0.1) is 0 Å². The highest BCUT2D eigenvalue weighted by molar-refractivity contribution is 7.98. The van der Waals surface area contributed by atoms with E-state index in [0.717, 1.165) is 71.6 Å². The zero-order chi connectivity index (χ0) is 28.6. The minimum Gasteiger partial charge on any atom is -0.444 e. The predicted octanol–water partition coefficient (Wildman–Crippen LogP) is 7.02. The molecule has 8 nitrogen and oxygen atoms in total. The fraction of sp³-hybridized carbons (Fsp3) is 0.406. The maximum absolute atomic E-state index is 12.7. The van der Waals surface area contributed by atoms with Crippen LogP contribution < -0.4 is 10.2 Å². The molecule has 2 aliphatic rings. The number of furan rings is 1. The van der Waals surface area contributed by atoms with Crippen molar-refractivity contribution in [3.8, 4) is 22.5 Å². The summed E-state index contributed by atoms with van der Waals surface area (Å²) in [6.45, 7) is 8.47. The van der Waals surface area contributed by atoms with Crippen molar-refractivity contribution in [2.24, 2.45) is 0 Å². The number of amides is 1. The summed E-state index contributed by atoms with van der Waals surface area (Å²) in [7, 11) is 0. The van der Waals surface area contributed by atoms with E-state index in [1.807, 2.05) is 45.2 Å². The molecule has 0 atom stereocenters. The van der Waals surface area contributed by atoms with Gasteiger partial charge in [-0.3, -0.25) is 0 Å². The predicted molar refractivity (Wildman–Crippen MR) is 162 cm³/mol. The molecule has 1 aliphatic carbocycles. The molecule has 3 heterocycles. The third-order valence-corrected chi connectivity index (χ3v) is 8.26. The lowest BCUT2D eigenvalue weighted by molar-refractivity contribution is 0.0377. The van der Waals surface area contributed by atoms with Crippen LogP contribution in [-0.2, 0) is 15.0 Å². The molecule has 0 radical (unpaired) electrons. The largest absolute Gasteiger partial charge is 0.444 e. The van der Waals surface area contributed by atoms with E-state index in [-0.39, 0.29) is 6.09 Å². The lowest BCUT2D eigenvalue weighted by Gasteiger charge is -2.43. The molecule has 1 amide bonds. The van der Waals surface area contributed by atoms with Crippen molar-refractivity contribution >= 4 is 34.8 Å². The van der Waals surface area contributed by atoms with Crippen LogP contribution >= 0.6 is 11.8 Å². The first-order valence-electron chi connectivity index (χ1n) is 14.1. The van der Waals surface area contributed by atoms with E-state index in [4.69, 9.17) is 23.9 Å². The third kappa shape index (κ3) is 5.53. The number of alkyl carbamates (subject to hydrolysis) is 1. The summed E-state index contributed by atoms with van der Waals surface area (Å²) < 4.78 is 17.8. The maximum Gasteiger partial charge on any atom is 0.408 e. The van der Waals surface area contributed by atoms with E-state index in [1.165, 1.54) is 11.8 Å². The van der Waals surface area contributed by atoms with Crippen molar-refractivity contribution in [2.75, 3.05) is 37.5 Å². The lowest BCUT2D eigenvalue weighted by Crippen LogP contribution is -2.52. The van der Waals surface area contributed by atoms with Crippen LogP contribution in [-0.4, -0.2) is 54.2 Å². The van der Waals surface area contributed by atoms with Crippen LogP contribution in [0.2, 0.25) is 0 Å². The fourth-order valence-corrected chi connectivity index (χ4v) is 5.95. The first kappa shape index (κ1) is 27.6. The highest BCUT2D eigenvalue weighted by Crippen LogP contribution is 2.46. The second-order valence-electron chi connectivity index (χ2n) is 11.6. The number of anilines is 1. The van der Waals surface area contributed by atoms with E-state index in [2.05, 4.69) is 46.6 Å². The SMILES string of the molecule is CSc1nc(N2CCOCC2)c2c(-c3ccccc3)c(-c3ccc(C4(NC(=O)OC(C)(C)C)CCC4)cc3)oc2n1. The molecule has 6 rings (SSSR count). The highest BCUT2D eigenvalue weighted by Gasteiger charge is 2.41. The van der Waals surface area contributed by atoms with Gasteiger partial charge in [-0.25, -0.2) is 9.78 Å². The molecule has 0 bridgehead atoms. The molecule has 0 spiro atoms. The number of aromatic nitrogens is 2. The number of benzene rings is 2. The Morgan fingerprint density at radius 1 is 1.00 bits per heavy atom. The van der Waals surface area contributed by atoms with Crippen molar-refractivity contribution in [2.45, 2.75) is 56.3 Å². The Morgan fingerprint density at radius 3 is 2.32 bits per heavy atom. The number of nitrogens with zero attached hydrogens (tertiary/aromatic N) is 3.